The Hall–Kier alpha value is -1.55. The van der Waals surface area contributed by atoms with E-state index in [0.717, 1.165) is 12.8 Å². The molecule has 0 radical (unpaired) electrons. The van der Waals surface area contributed by atoms with Gasteiger partial charge in [-0.05, 0) is 35.2 Å². The average Bonchev–Trinajstić information content (AvgIpc) is 3.06. The molecule has 0 aliphatic carbocycles. The number of ether oxygens (including phenoxy) is 1. The molecule has 0 atom stereocenters. The smallest absolute Gasteiger partial charge is 0.407 e. The van der Waals surface area contributed by atoms with Gasteiger partial charge in [0.1, 0.15) is 0 Å². The number of nitrogens with one attached hydrogen (secondary N) is 1. The van der Waals surface area contributed by atoms with Gasteiger partial charge in [-0.1, -0.05) is 56.9 Å². The van der Waals surface area contributed by atoms with E-state index in [1.165, 1.54) is 37.7 Å². The molecule has 3 nitrogen and oxygen atoms in total. The van der Waals surface area contributed by atoms with Crippen molar-refractivity contribution >= 4 is 17.4 Å². The van der Waals surface area contributed by atoms with Gasteiger partial charge in [0.05, 0.1) is 6.61 Å². The van der Waals surface area contributed by atoms with Crippen molar-refractivity contribution in [1.29, 1.82) is 0 Å². The minimum atomic E-state index is -0.357. The molecule has 128 valence electrons. The lowest BCUT2D eigenvalue weighted by Crippen LogP contribution is -2.25. The summed E-state index contributed by atoms with van der Waals surface area (Å²) < 4.78 is 5.11. The van der Waals surface area contributed by atoms with Gasteiger partial charge in [0.2, 0.25) is 0 Å². The van der Waals surface area contributed by atoms with Gasteiger partial charge in [0.25, 0.3) is 0 Å². The second-order valence-corrected chi connectivity index (χ2v) is 6.24. The van der Waals surface area contributed by atoms with Crippen LogP contribution in [0.25, 0.3) is 0 Å². The monoisotopic (exact) mass is 335 g/mol. The Balaban J connectivity index is 1.93. The van der Waals surface area contributed by atoms with E-state index in [1.807, 2.05) is 29.7 Å². The lowest BCUT2D eigenvalue weighted by molar-refractivity contribution is 0.148. The fourth-order valence-electron chi connectivity index (χ4n) is 2.08. The molecule has 0 aromatic carbocycles. The van der Waals surface area contributed by atoms with Crippen LogP contribution in [0.1, 0.15) is 51.0 Å². The Labute approximate surface area is 144 Å². The number of rotatable bonds is 12. The molecular weight excluding hydrogens is 306 g/mol. The minimum absolute atomic E-state index is 0.357. The van der Waals surface area contributed by atoms with Crippen LogP contribution >= 0.6 is 11.3 Å². The first-order chi connectivity index (χ1) is 11.3. The fourth-order valence-corrected chi connectivity index (χ4v) is 2.78. The summed E-state index contributed by atoms with van der Waals surface area (Å²) in [7, 11) is 0. The highest BCUT2D eigenvalue weighted by atomic mass is 32.1. The molecule has 1 aromatic rings. The standard InChI is InChI=1S/C19H29NO2S/c1-2-3-4-5-6-7-8-9-10-11-14-20-19(21)22-15-12-18-13-16-23-17-18/h8-11,13,16-17H,2-7,12,14-15H2,1H3,(H,20,21). The molecule has 0 saturated carbocycles. The van der Waals surface area contributed by atoms with Gasteiger partial charge in [-0.3, -0.25) is 0 Å². The molecule has 0 aliphatic heterocycles. The highest BCUT2D eigenvalue weighted by Crippen LogP contribution is 2.06. The molecule has 0 spiro atoms. The van der Waals surface area contributed by atoms with Gasteiger partial charge in [0, 0.05) is 13.0 Å². The Kier molecular flexibility index (Phi) is 11.9. The van der Waals surface area contributed by atoms with Crippen LogP contribution in [0, 0.1) is 0 Å². The van der Waals surface area contributed by atoms with Crippen molar-refractivity contribution in [2.75, 3.05) is 13.2 Å². The van der Waals surface area contributed by atoms with Crippen LogP contribution in [0.15, 0.2) is 41.1 Å². The van der Waals surface area contributed by atoms with Crippen LogP contribution < -0.4 is 5.32 Å². The number of hydrogen-bond acceptors (Lipinski definition) is 3. The van der Waals surface area contributed by atoms with Gasteiger partial charge in [-0.2, -0.15) is 11.3 Å². The summed E-state index contributed by atoms with van der Waals surface area (Å²) >= 11 is 1.66. The molecule has 23 heavy (non-hydrogen) atoms. The summed E-state index contributed by atoms with van der Waals surface area (Å²) in [5, 5.41) is 6.81. The highest BCUT2D eigenvalue weighted by molar-refractivity contribution is 7.07. The van der Waals surface area contributed by atoms with E-state index in [9.17, 15) is 4.79 Å². The molecule has 1 heterocycles. The number of unbranched alkanes of at least 4 members (excludes halogenated alkanes) is 5. The number of amides is 1. The maximum Gasteiger partial charge on any atom is 0.407 e. The molecule has 0 fully saturated rings. The Bertz CT molecular complexity index is 452. The summed E-state index contributed by atoms with van der Waals surface area (Å²) in [6, 6.07) is 2.05. The first-order valence-corrected chi connectivity index (χ1v) is 9.50. The first-order valence-electron chi connectivity index (χ1n) is 8.56. The van der Waals surface area contributed by atoms with Crippen LogP contribution in [0.3, 0.4) is 0 Å². The highest BCUT2D eigenvalue weighted by Gasteiger charge is 2.00. The fraction of sp³-hybridized carbons (Fsp3) is 0.526. The zero-order valence-corrected chi connectivity index (χ0v) is 14.9. The molecule has 0 bridgehead atoms. The molecule has 0 unspecified atom stereocenters. The largest absolute Gasteiger partial charge is 0.449 e. The third kappa shape index (κ3) is 11.6. The van der Waals surface area contributed by atoms with Crippen LogP contribution in [-0.4, -0.2) is 19.2 Å². The Morgan fingerprint density at radius 3 is 2.83 bits per heavy atom. The summed E-state index contributed by atoms with van der Waals surface area (Å²) in [6.45, 7) is 3.15. The quantitative estimate of drug-likeness (QED) is 0.405. The van der Waals surface area contributed by atoms with Gasteiger partial charge in [0.15, 0.2) is 0 Å². The number of thiophene rings is 1. The minimum Gasteiger partial charge on any atom is -0.449 e. The van der Waals surface area contributed by atoms with Gasteiger partial charge in [-0.25, -0.2) is 4.79 Å². The molecule has 1 aromatic heterocycles. The molecule has 0 saturated heterocycles. The van der Waals surface area contributed by atoms with Crippen LogP contribution in [0.5, 0.6) is 0 Å². The zero-order chi connectivity index (χ0) is 16.6. The normalized spacial score (nSPS) is 11.3. The van der Waals surface area contributed by atoms with E-state index < -0.39 is 0 Å². The van der Waals surface area contributed by atoms with E-state index in [2.05, 4.69) is 23.7 Å². The molecule has 1 rings (SSSR count). The van der Waals surface area contributed by atoms with Crippen LogP contribution in [-0.2, 0) is 11.2 Å². The third-order valence-corrected chi connectivity index (χ3v) is 4.16. The van der Waals surface area contributed by atoms with Crippen molar-refractivity contribution in [1.82, 2.24) is 5.32 Å². The number of allylic oxidation sites excluding steroid dienone is 3. The van der Waals surface area contributed by atoms with Crippen LogP contribution in [0.2, 0.25) is 0 Å². The average molecular weight is 336 g/mol. The van der Waals surface area contributed by atoms with Gasteiger partial charge in [-0.15, -0.1) is 0 Å². The maximum absolute atomic E-state index is 11.4. The van der Waals surface area contributed by atoms with Crippen LogP contribution in [0.4, 0.5) is 4.79 Å². The predicted octanol–water partition coefficient (Wildman–Crippen LogP) is 5.49. The van der Waals surface area contributed by atoms with Gasteiger partial charge < -0.3 is 10.1 Å². The zero-order valence-electron chi connectivity index (χ0n) is 14.1. The third-order valence-electron chi connectivity index (χ3n) is 3.43. The number of carbonyl (C=O) groups is 1. The molecule has 0 aliphatic rings. The van der Waals surface area contributed by atoms with E-state index in [-0.39, 0.29) is 6.09 Å². The van der Waals surface area contributed by atoms with Crippen molar-refractivity contribution in [2.45, 2.75) is 51.9 Å². The lowest BCUT2D eigenvalue weighted by Gasteiger charge is -2.04. The molecular formula is C19H29NO2S. The van der Waals surface area contributed by atoms with Crippen molar-refractivity contribution in [3.63, 3.8) is 0 Å². The van der Waals surface area contributed by atoms with Crippen molar-refractivity contribution in [2.24, 2.45) is 0 Å². The second kappa shape index (κ2) is 14.1. The lowest BCUT2D eigenvalue weighted by atomic mass is 10.1. The summed E-state index contributed by atoms with van der Waals surface area (Å²) in [6.07, 6.45) is 16.2. The van der Waals surface area contributed by atoms with Crippen molar-refractivity contribution < 1.29 is 9.53 Å². The summed E-state index contributed by atoms with van der Waals surface area (Å²) in [4.78, 5) is 11.4. The Morgan fingerprint density at radius 1 is 1.22 bits per heavy atom. The van der Waals surface area contributed by atoms with E-state index >= 15 is 0 Å². The van der Waals surface area contributed by atoms with E-state index in [0.29, 0.717) is 13.2 Å². The predicted molar refractivity (Wildman–Crippen MR) is 99.0 cm³/mol. The molecule has 4 heteroatoms. The second-order valence-electron chi connectivity index (χ2n) is 5.46. The SMILES string of the molecule is CCCCCCCC=CC=CCNC(=O)OCCc1ccsc1. The topological polar surface area (TPSA) is 38.3 Å². The van der Waals surface area contributed by atoms with Crippen molar-refractivity contribution in [3.8, 4) is 0 Å². The molecule has 1 amide bonds. The van der Waals surface area contributed by atoms with Gasteiger partial charge >= 0.3 is 6.09 Å². The van der Waals surface area contributed by atoms with E-state index in [1.54, 1.807) is 11.3 Å². The number of carbonyl (C=O) groups excluding carboxylic acids is 1. The number of hydrogen-bond donors (Lipinski definition) is 1. The van der Waals surface area contributed by atoms with Crippen molar-refractivity contribution in [3.05, 3.63) is 46.7 Å². The maximum atomic E-state index is 11.4. The first kappa shape index (κ1) is 19.5. The Morgan fingerprint density at radius 2 is 2.04 bits per heavy atom. The molecule has 1 N–H and O–H groups in total. The summed E-state index contributed by atoms with van der Waals surface area (Å²) in [5.41, 5.74) is 1.21. The number of alkyl carbamates (subject to hydrolysis) is 1. The van der Waals surface area contributed by atoms with E-state index in [4.69, 9.17) is 4.74 Å². The summed E-state index contributed by atoms with van der Waals surface area (Å²) in [5.74, 6) is 0.